The van der Waals surface area contributed by atoms with E-state index in [0.29, 0.717) is 0 Å². The van der Waals surface area contributed by atoms with Crippen molar-refractivity contribution in [2.75, 3.05) is 17.7 Å². The van der Waals surface area contributed by atoms with Gasteiger partial charge in [-0.15, -0.1) is 0 Å². The molecule has 2 aromatic carbocycles. The number of hydrogen-bond donors (Lipinski definition) is 2. The minimum Gasteiger partial charge on any atom is -0.497 e. The minimum absolute atomic E-state index is 0.723. The van der Waals surface area contributed by atoms with Crippen LogP contribution in [0.2, 0.25) is 0 Å². The zero-order chi connectivity index (χ0) is 16.1. The maximum absolute atomic E-state index is 5.15. The fourth-order valence-corrected chi connectivity index (χ4v) is 2.17. The zero-order valence-corrected chi connectivity index (χ0v) is 13.1. The molecule has 5 heteroatoms. The summed E-state index contributed by atoms with van der Waals surface area (Å²) in [4.78, 5) is 8.51. The molecule has 5 nitrogen and oxygen atoms in total. The van der Waals surface area contributed by atoms with Gasteiger partial charge in [-0.2, -0.15) is 0 Å². The SMILES string of the molecule is COc1ccc(Nc2cc(Nc3ccccc3C)ncn2)cc1. The van der Waals surface area contributed by atoms with Crippen molar-refractivity contribution in [2.45, 2.75) is 6.92 Å². The molecule has 0 amide bonds. The average Bonchev–Trinajstić information content (AvgIpc) is 2.58. The van der Waals surface area contributed by atoms with Crippen molar-refractivity contribution in [1.82, 2.24) is 9.97 Å². The van der Waals surface area contributed by atoms with E-state index in [-0.39, 0.29) is 0 Å². The molecule has 0 radical (unpaired) electrons. The van der Waals surface area contributed by atoms with E-state index >= 15 is 0 Å². The van der Waals surface area contributed by atoms with Crippen LogP contribution in [0, 0.1) is 6.92 Å². The maximum Gasteiger partial charge on any atom is 0.135 e. The molecule has 3 aromatic rings. The number of nitrogens with zero attached hydrogens (tertiary/aromatic N) is 2. The smallest absolute Gasteiger partial charge is 0.135 e. The highest BCUT2D eigenvalue weighted by Crippen LogP contribution is 2.22. The topological polar surface area (TPSA) is 59.1 Å². The Morgan fingerprint density at radius 2 is 1.57 bits per heavy atom. The van der Waals surface area contributed by atoms with Gasteiger partial charge < -0.3 is 15.4 Å². The number of rotatable bonds is 5. The average molecular weight is 306 g/mol. The lowest BCUT2D eigenvalue weighted by molar-refractivity contribution is 0.415. The lowest BCUT2D eigenvalue weighted by Crippen LogP contribution is -1.99. The molecule has 0 atom stereocenters. The summed E-state index contributed by atoms with van der Waals surface area (Å²) in [5, 5.41) is 6.55. The molecule has 0 saturated heterocycles. The highest BCUT2D eigenvalue weighted by atomic mass is 16.5. The van der Waals surface area contributed by atoms with Crippen LogP contribution < -0.4 is 15.4 Å². The van der Waals surface area contributed by atoms with Gasteiger partial charge in [0, 0.05) is 17.4 Å². The van der Waals surface area contributed by atoms with Gasteiger partial charge in [-0.3, -0.25) is 0 Å². The maximum atomic E-state index is 5.15. The number of ether oxygens (including phenoxy) is 1. The second kappa shape index (κ2) is 6.79. The van der Waals surface area contributed by atoms with Crippen LogP contribution in [0.3, 0.4) is 0 Å². The zero-order valence-electron chi connectivity index (χ0n) is 13.1. The summed E-state index contributed by atoms with van der Waals surface area (Å²) in [5.74, 6) is 2.28. The summed E-state index contributed by atoms with van der Waals surface area (Å²) in [6.45, 7) is 2.06. The van der Waals surface area contributed by atoms with E-state index < -0.39 is 0 Å². The fourth-order valence-electron chi connectivity index (χ4n) is 2.17. The molecule has 0 spiro atoms. The van der Waals surface area contributed by atoms with Crippen molar-refractivity contribution in [1.29, 1.82) is 0 Å². The van der Waals surface area contributed by atoms with Crippen molar-refractivity contribution < 1.29 is 4.74 Å². The largest absolute Gasteiger partial charge is 0.497 e. The Balaban J connectivity index is 1.75. The number of methoxy groups -OCH3 is 1. The first-order chi connectivity index (χ1) is 11.2. The van der Waals surface area contributed by atoms with Crippen LogP contribution in [-0.2, 0) is 0 Å². The van der Waals surface area contributed by atoms with Crippen molar-refractivity contribution in [2.24, 2.45) is 0 Å². The number of benzene rings is 2. The van der Waals surface area contributed by atoms with Crippen LogP contribution >= 0.6 is 0 Å². The normalized spacial score (nSPS) is 10.2. The van der Waals surface area contributed by atoms with Gasteiger partial charge in [-0.25, -0.2) is 9.97 Å². The van der Waals surface area contributed by atoms with Gasteiger partial charge in [0.1, 0.15) is 23.7 Å². The quantitative estimate of drug-likeness (QED) is 0.736. The van der Waals surface area contributed by atoms with E-state index in [2.05, 4.69) is 33.6 Å². The first-order valence-electron chi connectivity index (χ1n) is 7.30. The van der Waals surface area contributed by atoms with E-state index in [1.165, 1.54) is 6.33 Å². The number of aromatic nitrogens is 2. The Hall–Kier alpha value is -3.08. The number of aryl methyl sites for hydroxylation is 1. The molecule has 0 fully saturated rings. The van der Waals surface area contributed by atoms with Crippen molar-refractivity contribution in [3.05, 3.63) is 66.5 Å². The van der Waals surface area contributed by atoms with Gasteiger partial charge >= 0.3 is 0 Å². The lowest BCUT2D eigenvalue weighted by atomic mass is 10.2. The van der Waals surface area contributed by atoms with Crippen LogP contribution in [0.25, 0.3) is 0 Å². The third-order valence-electron chi connectivity index (χ3n) is 3.44. The third-order valence-corrected chi connectivity index (χ3v) is 3.44. The third kappa shape index (κ3) is 3.77. The Bertz CT molecular complexity index is 787. The van der Waals surface area contributed by atoms with E-state index in [1.54, 1.807) is 7.11 Å². The van der Waals surface area contributed by atoms with Crippen molar-refractivity contribution in [3.8, 4) is 5.75 Å². The van der Waals surface area contributed by atoms with Crippen LogP contribution in [0.15, 0.2) is 60.9 Å². The van der Waals surface area contributed by atoms with Gasteiger partial charge in [-0.1, -0.05) is 18.2 Å². The van der Waals surface area contributed by atoms with Gasteiger partial charge in [0.15, 0.2) is 0 Å². The Morgan fingerprint density at radius 1 is 0.870 bits per heavy atom. The molecule has 0 aliphatic heterocycles. The first kappa shape index (κ1) is 14.8. The fraction of sp³-hybridized carbons (Fsp3) is 0.111. The molecule has 3 rings (SSSR count). The Kier molecular flexibility index (Phi) is 4.38. The molecular weight excluding hydrogens is 288 g/mol. The molecule has 0 saturated carbocycles. The van der Waals surface area contributed by atoms with Gasteiger partial charge in [-0.05, 0) is 42.8 Å². The summed E-state index contributed by atoms with van der Waals surface area (Å²) in [5.41, 5.74) is 3.13. The van der Waals surface area contributed by atoms with Crippen LogP contribution in [0.1, 0.15) is 5.56 Å². The summed E-state index contributed by atoms with van der Waals surface area (Å²) in [6.07, 6.45) is 1.53. The summed E-state index contributed by atoms with van der Waals surface area (Å²) in [7, 11) is 1.65. The predicted octanol–water partition coefficient (Wildman–Crippen LogP) is 4.28. The molecule has 0 unspecified atom stereocenters. The van der Waals surface area contributed by atoms with Crippen LogP contribution in [0.5, 0.6) is 5.75 Å². The summed E-state index contributed by atoms with van der Waals surface area (Å²) < 4.78 is 5.15. The molecule has 0 aliphatic carbocycles. The highest BCUT2D eigenvalue weighted by Gasteiger charge is 2.02. The number of hydrogen-bond acceptors (Lipinski definition) is 5. The van der Waals surface area contributed by atoms with Crippen molar-refractivity contribution >= 4 is 23.0 Å². The van der Waals surface area contributed by atoms with E-state index in [1.807, 2.05) is 48.5 Å². The first-order valence-corrected chi connectivity index (χ1v) is 7.30. The van der Waals surface area contributed by atoms with Crippen LogP contribution in [-0.4, -0.2) is 17.1 Å². The molecule has 1 aromatic heterocycles. The molecule has 1 heterocycles. The van der Waals surface area contributed by atoms with E-state index in [9.17, 15) is 0 Å². The highest BCUT2D eigenvalue weighted by molar-refractivity contribution is 5.64. The lowest BCUT2D eigenvalue weighted by Gasteiger charge is -2.10. The van der Waals surface area contributed by atoms with Gasteiger partial charge in [0.2, 0.25) is 0 Å². The molecule has 23 heavy (non-hydrogen) atoms. The predicted molar refractivity (Wildman–Crippen MR) is 92.8 cm³/mol. The van der Waals surface area contributed by atoms with E-state index in [0.717, 1.165) is 34.3 Å². The summed E-state index contributed by atoms with van der Waals surface area (Å²) >= 11 is 0. The van der Waals surface area contributed by atoms with Gasteiger partial charge in [0.05, 0.1) is 7.11 Å². The van der Waals surface area contributed by atoms with Crippen molar-refractivity contribution in [3.63, 3.8) is 0 Å². The van der Waals surface area contributed by atoms with E-state index in [4.69, 9.17) is 4.74 Å². The number of nitrogens with one attached hydrogen (secondary N) is 2. The number of para-hydroxylation sites is 1. The minimum atomic E-state index is 0.723. The molecule has 2 N–H and O–H groups in total. The molecule has 116 valence electrons. The van der Waals surface area contributed by atoms with Crippen LogP contribution in [0.4, 0.5) is 23.0 Å². The Labute approximate surface area is 135 Å². The number of anilines is 4. The standard InChI is InChI=1S/C18H18N4O/c1-13-5-3-4-6-16(13)22-18-11-17(19-12-20-18)21-14-7-9-15(23-2)10-8-14/h3-12H,1-2H3,(H2,19,20,21,22). The molecule has 0 aliphatic rings. The van der Waals surface area contributed by atoms with Gasteiger partial charge in [0.25, 0.3) is 0 Å². The second-order valence-corrected chi connectivity index (χ2v) is 5.08. The molecule has 0 bridgehead atoms. The summed E-state index contributed by atoms with van der Waals surface area (Å²) in [6, 6.07) is 17.6. The molecular formula is C18H18N4O. The Morgan fingerprint density at radius 3 is 2.26 bits per heavy atom. The monoisotopic (exact) mass is 306 g/mol. The second-order valence-electron chi connectivity index (χ2n) is 5.08.